The Balaban J connectivity index is 1.44. The zero-order chi connectivity index (χ0) is 19.6. The average molecular weight is 387 g/mol. The van der Waals surface area contributed by atoms with Gasteiger partial charge in [-0.05, 0) is 56.1 Å². The van der Waals surface area contributed by atoms with Crippen molar-refractivity contribution in [1.29, 1.82) is 0 Å². The molecule has 0 aliphatic carbocycles. The Morgan fingerprint density at radius 2 is 2.00 bits per heavy atom. The molecule has 4 rings (SSSR count). The predicted octanol–water partition coefficient (Wildman–Crippen LogP) is 3.15. The van der Waals surface area contributed by atoms with Crippen molar-refractivity contribution in [3.05, 3.63) is 59.9 Å². The highest BCUT2D eigenvalue weighted by atomic mass is 19.1. The van der Waals surface area contributed by atoms with Crippen LogP contribution in [0, 0.1) is 11.6 Å². The molecule has 1 spiro atoms. The van der Waals surface area contributed by atoms with Crippen LogP contribution in [0.1, 0.15) is 25.0 Å². The lowest BCUT2D eigenvalue weighted by Crippen LogP contribution is -2.55. The number of aromatic nitrogens is 1. The Kier molecular flexibility index (Phi) is 5.37. The van der Waals surface area contributed by atoms with Crippen molar-refractivity contribution in [3.8, 4) is 0 Å². The monoisotopic (exact) mass is 387 g/mol. The summed E-state index contributed by atoms with van der Waals surface area (Å²) in [6.45, 7) is 2.78. The highest BCUT2D eigenvalue weighted by Crippen LogP contribution is 2.33. The third-order valence-electron chi connectivity index (χ3n) is 5.53. The number of anilines is 1. The zero-order valence-electron chi connectivity index (χ0n) is 15.6. The fourth-order valence-corrected chi connectivity index (χ4v) is 4.01. The molecular formula is C21H23F2N3O2. The maximum atomic E-state index is 13.6. The van der Waals surface area contributed by atoms with Gasteiger partial charge in [0.15, 0.2) is 0 Å². The van der Waals surface area contributed by atoms with Crippen molar-refractivity contribution in [2.45, 2.75) is 31.4 Å². The maximum absolute atomic E-state index is 13.6. The van der Waals surface area contributed by atoms with Gasteiger partial charge in [-0.25, -0.2) is 8.78 Å². The first-order chi connectivity index (χ1) is 13.5. The van der Waals surface area contributed by atoms with E-state index in [9.17, 15) is 13.6 Å². The largest absolute Gasteiger partial charge is 0.363 e. The number of hydrogen-bond donors (Lipinski definition) is 0. The van der Waals surface area contributed by atoms with E-state index in [-0.39, 0.29) is 24.1 Å². The standard InChI is InChI=1S/C21H23F2N3O2/c22-16-3-1-4-19(11-16)26-15-21(28-14-20(26)27)7-2-9-25(10-8-21)13-18-6-5-17(23)12-24-18/h1,3-6,11-12H,2,7-10,13-15H2. The van der Waals surface area contributed by atoms with E-state index < -0.39 is 5.60 Å². The molecule has 2 saturated heterocycles. The van der Waals surface area contributed by atoms with Gasteiger partial charge in [0.05, 0.1) is 24.0 Å². The smallest absolute Gasteiger partial charge is 0.253 e. The van der Waals surface area contributed by atoms with Crippen LogP contribution in [0.4, 0.5) is 14.5 Å². The van der Waals surface area contributed by atoms with Crippen molar-refractivity contribution in [3.63, 3.8) is 0 Å². The third kappa shape index (κ3) is 4.20. The number of carbonyl (C=O) groups excluding carboxylic acids is 1. The van der Waals surface area contributed by atoms with Crippen molar-refractivity contribution in [2.24, 2.45) is 0 Å². The highest BCUT2D eigenvalue weighted by Gasteiger charge is 2.41. The number of nitrogens with zero attached hydrogens (tertiary/aromatic N) is 3. The molecule has 2 fully saturated rings. The fraction of sp³-hybridized carbons (Fsp3) is 0.429. The van der Waals surface area contributed by atoms with Crippen LogP contribution in [0.5, 0.6) is 0 Å². The Morgan fingerprint density at radius 3 is 2.79 bits per heavy atom. The highest BCUT2D eigenvalue weighted by molar-refractivity contribution is 5.95. The minimum Gasteiger partial charge on any atom is -0.363 e. The van der Waals surface area contributed by atoms with Crippen molar-refractivity contribution < 1.29 is 18.3 Å². The molecular weight excluding hydrogens is 364 g/mol. The molecule has 7 heteroatoms. The Morgan fingerprint density at radius 1 is 1.11 bits per heavy atom. The molecule has 0 N–H and O–H groups in total. The lowest BCUT2D eigenvalue weighted by atomic mass is 9.92. The summed E-state index contributed by atoms with van der Waals surface area (Å²) in [7, 11) is 0. The predicted molar refractivity (Wildman–Crippen MR) is 101 cm³/mol. The summed E-state index contributed by atoms with van der Waals surface area (Å²) < 4.78 is 32.7. The fourth-order valence-electron chi connectivity index (χ4n) is 4.01. The summed E-state index contributed by atoms with van der Waals surface area (Å²) >= 11 is 0. The molecule has 1 atom stereocenters. The Labute approximate surface area is 162 Å². The molecule has 0 saturated carbocycles. The van der Waals surface area contributed by atoms with Crippen molar-refractivity contribution in [2.75, 3.05) is 31.1 Å². The molecule has 2 aromatic rings. The van der Waals surface area contributed by atoms with E-state index in [1.54, 1.807) is 23.1 Å². The van der Waals surface area contributed by atoms with Gasteiger partial charge in [0, 0.05) is 18.8 Å². The molecule has 0 radical (unpaired) electrons. The van der Waals surface area contributed by atoms with Gasteiger partial charge >= 0.3 is 0 Å². The van der Waals surface area contributed by atoms with Crippen LogP contribution in [0.25, 0.3) is 0 Å². The summed E-state index contributed by atoms with van der Waals surface area (Å²) in [5, 5.41) is 0. The normalized spacial score (nSPS) is 23.8. The SMILES string of the molecule is O=C1COC2(CCCN(Cc3ccc(F)cn3)CC2)CN1c1cccc(F)c1. The number of carbonyl (C=O) groups is 1. The van der Waals surface area contributed by atoms with Gasteiger partial charge in [-0.2, -0.15) is 0 Å². The molecule has 1 aromatic carbocycles. The van der Waals surface area contributed by atoms with Crippen LogP contribution in [-0.2, 0) is 16.1 Å². The molecule has 2 aliphatic rings. The van der Waals surface area contributed by atoms with Crippen LogP contribution in [0.2, 0.25) is 0 Å². The number of likely N-dealkylation sites (tertiary alicyclic amines) is 1. The number of halogens is 2. The molecule has 5 nitrogen and oxygen atoms in total. The van der Waals surface area contributed by atoms with E-state index in [1.807, 2.05) is 0 Å². The lowest BCUT2D eigenvalue weighted by molar-refractivity contribution is -0.140. The number of hydrogen-bond acceptors (Lipinski definition) is 4. The van der Waals surface area contributed by atoms with Crippen LogP contribution in [0.3, 0.4) is 0 Å². The Bertz CT molecular complexity index is 846. The second kappa shape index (κ2) is 7.93. The molecule has 28 heavy (non-hydrogen) atoms. The zero-order valence-corrected chi connectivity index (χ0v) is 15.6. The van der Waals surface area contributed by atoms with E-state index >= 15 is 0 Å². The average Bonchev–Trinajstić information content (AvgIpc) is 2.88. The first-order valence-corrected chi connectivity index (χ1v) is 9.56. The lowest BCUT2D eigenvalue weighted by Gasteiger charge is -2.42. The minimum atomic E-state index is -0.425. The van der Waals surface area contributed by atoms with E-state index in [2.05, 4.69) is 9.88 Å². The molecule has 0 bridgehead atoms. The molecule has 3 heterocycles. The van der Waals surface area contributed by atoms with Crippen LogP contribution >= 0.6 is 0 Å². The van der Waals surface area contributed by atoms with Crippen molar-refractivity contribution >= 4 is 11.6 Å². The molecule has 1 aromatic heterocycles. The first kappa shape index (κ1) is 19.0. The molecule has 1 unspecified atom stereocenters. The third-order valence-corrected chi connectivity index (χ3v) is 5.53. The number of amides is 1. The van der Waals surface area contributed by atoms with Gasteiger partial charge in [-0.15, -0.1) is 0 Å². The topological polar surface area (TPSA) is 45.7 Å². The van der Waals surface area contributed by atoms with Gasteiger partial charge in [0.2, 0.25) is 0 Å². The maximum Gasteiger partial charge on any atom is 0.253 e. The van der Waals surface area contributed by atoms with Gasteiger partial charge in [0.25, 0.3) is 5.91 Å². The number of benzene rings is 1. The minimum absolute atomic E-state index is 0.00995. The Hall–Kier alpha value is -2.38. The second-order valence-corrected chi connectivity index (χ2v) is 7.53. The summed E-state index contributed by atoms with van der Waals surface area (Å²) in [5.41, 5.74) is 0.980. The van der Waals surface area contributed by atoms with Gasteiger partial charge in [-0.3, -0.25) is 14.7 Å². The van der Waals surface area contributed by atoms with E-state index in [4.69, 9.17) is 4.74 Å². The van der Waals surface area contributed by atoms with Crippen LogP contribution in [0.15, 0.2) is 42.6 Å². The van der Waals surface area contributed by atoms with Gasteiger partial charge < -0.3 is 9.64 Å². The molecule has 2 aliphatic heterocycles. The number of pyridine rings is 1. The summed E-state index contributed by atoms with van der Waals surface area (Å²) in [6.07, 6.45) is 3.76. The molecule has 1 amide bonds. The second-order valence-electron chi connectivity index (χ2n) is 7.53. The summed E-state index contributed by atoms with van der Waals surface area (Å²) in [6, 6.07) is 9.26. The number of morpholine rings is 1. The van der Waals surface area contributed by atoms with E-state index in [0.29, 0.717) is 18.8 Å². The van der Waals surface area contributed by atoms with Crippen LogP contribution in [-0.4, -0.2) is 47.6 Å². The van der Waals surface area contributed by atoms with Crippen LogP contribution < -0.4 is 4.90 Å². The van der Waals surface area contributed by atoms with Gasteiger partial charge in [-0.1, -0.05) is 6.07 Å². The number of ether oxygens (including phenoxy) is 1. The van der Waals surface area contributed by atoms with Gasteiger partial charge in [0.1, 0.15) is 18.2 Å². The quantitative estimate of drug-likeness (QED) is 0.812. The first-order valence-electron chi connectivity index (χ1n) is 9.56. The van der Waals surface area contributed by atoms with Crippen molar-refractivity contribution in [1.82, 2.24) is 9.88 Å². The summed E-state index contributed by atoms with van der Waals surface area (Å²) in [4.78, 5) is 20.4. The number of rotatable bonds is 3. The summed E-state index contributed by atoms with van der Waals surface area (Å²) in [5.74, 6) is -0.839. The van der Waals surface area contributed by atoms with E-state index in [1.165, 1.54) is 24.4 Å². The molecule has 148 valence electrons. The van der Waals surface area contributed by atoms with E-state index in [0.717, 1.165) is 38.0 Å².